The van der Waals surface area contributed by atoms with Crippen LogP contribution in [-0.4, -0.2) is 42.2 Å². The van der Waals surface area contributed by atoms with Crippen molar-refractivity contribution in [3.63, 3.8) is 0 Å². The molecule has 1 aliphatic heterocycles. The number of fused-ring (bicyclic) bond motifs is 1. The fraction of sp³-hybridized carbons (Fsp3) is 0.333. The average Bonchev–Trinajstić information content (AvgIpc) is 2.95. The highest BCUT2D eigenvalue weighted by atomic mass is 16.5. The van der Waals surface area contributed by atoms with Crippen LogP contribution in [0.25, 0.3) is 0 Å². The van der Waals surface area contributed by atoms with Gasteiger partial charge in [0.1, 0.15) is 0 Å². The van der Waals surface area contributed by atoms with Crippen LogP contribution in [0.3, 0.4) is 0 Å². The van der Waals surface area contributed by atoms with Crippen LogP contribution in [-0.2, 0) is 9.53 Å². The Morgan fingerprint density at radius 2 is 1.52 bits per heavy atom. The molecule has 1 heterocycles. The van der Waals surface area contributed by atoms with Gasteiger partial charge in [0, 0.05) is 12.7 Å². The monoisotopic (exact) mass is 422 g/mol. The number of para-hydroxylation sites is 1. The number of carbonyl (C=O) groups excluding carboxylic acids is 4. The van der Waals surface area contributed by atoms with E-state index in [2.05, 4.69) is 5.32 Å². The summed E-state index contributed by atoms with van der Waals surface area (Å²) in [6, 6.07) is 10.1. The van der Waals surface area contributed by atoms with Gasteiger partial charge in [-0.15, -0.1) is 0 Å². The van der Waals surface area contributed by atoms with Gasteiger partial charge in [-0.2, -0.15) is 0 Å². The number of nitrogens with zero attached hydrogens (tertiary/aromatic N) is 1. The topological polar surface area (TPSA) is 92.8 Å². The fourth-order valence-electron chi connectivity index (χ4n) is 3.57. The zero-order chi connectivity index (χ0) is 22.9. The van der Waals surface area contributed by atoms with Gasteiger partial charge in [-0.3, -0.25) is 19.3 Å². The quantitative estimate of drug-likeness (QED) is 0.562. The molecule has 0 aliphatic carbocycles. The molecular weight excluding hydrogens is 396 g/mol. The lowest BCUT2D eigenvalue weighted by Crippen LogP contribution is -2.24. The van der Waals surface area contributed by atoms with Gasteiger partial charge in [0.25, 0.3) is 17.7 Å². The van der Waals surface area contributed by atoms with Crippen molar-refractivity contribution in [3.05, 3.63) is 64.2 Å². The standard InChI is InChI=1S/C24H26N2O5/c1-13(2)16-7-6-8-17(14(3)4)21(16)25-20(27)12-31-24(30)15-9-10-18-19(11-15)23(29)26(5)22(18)28/h6-11,13-14H,12H2,1-5H3,(H,25,27). The molecule has 0 bridgehead atoms. The van der Waals surface area contributed by atoms with E-state index in [9.17, 15) is 19.2 Å². The Balaban J connectivity index is 1.71. The molecule has 0 fully saturated rings. The maximum atomic E-state index is 12.5. The van der Waals surface area contributed by atoms with Gasteiger partial charge >= 0.3 is 5.97 Å². The predicted molar refractivity (Wildman–Crippen MR) is 116 cm³/mol. The minimum Gasteiger partial charge on any atom is -0.452 e. The average molecular weight is 422 g/mol. The van der Waals surface area contributed by atoms with Crippen molar-refractivity contribution in [2.45, 2.75) is 39.5 Å². The normalized spacial score (nSPS) is 13.1. The van der Waals surface area contributed by atoms with E-state index in [1.54, 1.807) is 0 Å². The summed E-state index contributed by atoms with van der Waals surface area (Å²) in [6.07, 6.45) is 0. The zero-order valence-electron chi connectivity index (χ0n) is 18.3. The third-order valence-electron chi connectivity index (χ3n) is 5.30. The van der Waals surface area contributed by atoms with Crippen LogP contribution >= 0.6 is 0 Å². The highest BCUT2D eigenvalue weighted by molar-refractivity contribution is 6.21. The summed E-state index contributed by atoms with van der Waals surface area (Å²) in [4.78, 5) is 50.0. The smallest absolute Gasteiger partial charge is 0.338 e. The number of anilines is 1. The second kappa shape index (κ2) is 8.71. The lowest BCUT2D eigenvalue weighted by molar-refractivity contribution is -0.119. The van der Waals surface area contributed by atoms with E-state index in [1.165, 1.54) is 25.2 Å². The van der Waals surface area contributed by atoms with E-state index in [0.29, 0.717) is 0 Å². The van der Waals surface area contributed by atoms with Gasteiger partial charge in [-0.05, 0) is 41.2 Å². The van der Waals surface area contributed by atoms with Gasteiger partial charge in [-0.25, -0.2) is 4.79 Å². The molecular formula is C24H26N2O5. The Kier molecular flexibility index (Phi) is 6.24. The number of benzene rings is 2. The van der Waals surface area contributed by atoms with Crippen molar-refractivity contribution in [2.24, 2.45) is 0 Å². The minimum absolute atomic E-state index is 0.105. The fourth-order valence-corrected chi connectivity index (χ4v) is 3.57. The first-order chi connectivity index (χ1) is 14.6. The summed E-state index contributed by atoms with van der Waals surface area (Å²) >= 11 is 0. The molecule has 7 heteroatoms. The van der Waals surface area contributed by atoms with Crippen LogP contribution in [0.4, 0.5) is 5.69 Å². The third-order valence-corrected chi connectivity index (χ3v) is 5.30. The summed E-state index contributed by atoms with van der Waals surface area (Å²) in [6.45, 7) is 7.73. The van der Waals surface area contributed by atoms with Crippen molar-refractivity contribution in [1.82, 2.24) is 4.90 Å². The van der Waals surface area contributed by atoms with Gasteiger partial charge in [0.05, 0.1) is 16.7 Å². The highest BCUT2D eigenvalue weighted by Gasteiger charge is 2.33. The summed E-state index contributed by atoms with van der Waals surface area (Å²) < 4.78 is 5.15. The van der Waals surface area contributed by atoms with E-state index < -0.39 is 30.3 Å². The number of hydrogen-bond donors (Lipinski definition) is 1. The molecule has 2 aromatic rings. The Hall–Kier alpha value is -3.48. The summed E-state index contributed by atoms with van der Waals surface area (Å²) in [5, 5.41) is 2.89. The summed E-state index contributed by atoms with van der Waals surface area (Å²) in [5.41, 5.74) is 3.27. The number of carbonyl (C=O) groups is 4. The molecule has 1 aliphatic rings. The number of hydrogen-bond acceptors (Lipinski definition) is 5. The number of esters is 1. The highest BCUT2D eigenvalue weighted by Crippen LogP contribution is 2.32. The molecule has 0 saturated heterocycles. The summed E-state index contributed by atoms with van der Waals surface area (Å²) in [7, 11) is 1.38. The molecule has 0 radical (unpaired) electrons. The predicted octanol–water partition coefficient (Wildman–Crippen LogP) is 3.95. The van der Waals surface area contributed by atoms with Gasteiger partial charge in [0.15, 0.2) is 6.61 Å². The molecule has 31 heavy (non-hydrogen) atoms. The maximum Gasteiger partial charge on any atom is 0.338 e. The summed E-state index contributed by atoms with van der Waals surface area (Å²) in [5.74, 6) is -1.66. The Bertz CT molecular complexity index is 1050. The number of nitrogens with one attached hydrogen (secondary N) is 1. The molecule has 0 atom stereocenters. The van der Waals surface area contributed by atoms with E-state index in [4.69, 9.17) is 4.74 Å². The first kappa shape index (κ1) is 22.2. The van der Waals surface area contributed by atoms with Gasteiger partial charge < -0.3 is 10.1 Å². The molecule has 162 valence electrons. The van der Waals surface area contributed by atoms with Crippen LogP contribution in [0.15, 0.2) is 36.4 Å². The van der Waals surface area contributed by atoms with Crippen molar-refractivity contribution in [1.29, 1.82) is 0 Å². The molecule has 1 N–H and O–H groups in total. The van der Waals surface area contributed by atoms with E-state index in [1.807, 2.05) is 45.9 Å². The van der Waals surface area contributed by atoms with Crippen LogP contribution < -0.4 is 5.32 Å². The molecule has 0 saturated carbocycles. The third kappa shape index (κ3) is 4.35. The van der Waals surface area contributed by atoms with Gasteiger partial charge in [-0.1, -0.05) is 45.9 Å². The maximum absolute atomic E-state index is 12.5. The Labute approximate surface area is 181 Å². The van der Waals surface area contributed by atoms with Crippen LogP contribution in [0.5, 0.6) is 0 Å². The lowest BCUT2D eigenvalue weighted by Gasteiger charge is -2.20. The first-order valence-electron chi connectivity index (χ1n) is 10.2. The molecule has 3 rings (SSSR count). The lowest BCUT2D eigenvalue weighted by atomic mass is 9.92. The van der Waals surface area contributed by atoms with E-state index in [0.717, 1.165) is 21.7 Å². The largest absolute Gasteiger partial charge is 0.452 e. The van der Waals surface area contributed by atoms with E-state index >= 15 is 0 Å². The van der Waals surface area contributed by atoms with Crippen molar-refractivity contribution < 1.29 is 23.9 Å². The molecule has 0 spiro atoms. The number of imide groups is 1. The van der Waals surface area contributed by atoms with E-state index in [-0.39, 0.29) is 28.5 Å². The zero-order valence-corrected chi connectivity index (χ0v) is 18.3. The van der Waals surface area contributed by atoms with Crippen LogP contribution in [0.1, 0.15) is 81.7 Å². The first-order valence-corrected chi connectivity index (χ1v) is 10.2. The van der Waals surface area contributed by atoms with Crippen LogP contribution in [0, 0.1) is 0 Å². The number of amides is 3. The molecule has 7 nitrogen and oxygen atoms in total. The SMILES string of the molecule is CC(C)c1cccc(C(C)C)c1NC(=O)COC(=O)c1ccc2c(c1)C(=O)N(C)C2=O. The molecule has 0 aromatic heterocycles. The molecule has 0 unspecified atom stereocenters. The van der Waals surface area contributed by atoms with Crippen LogP contribution in [0.2, 0.25) is 0 Å². The molecule has 3 amide bonds. The minimum atomic E-state index is -0.742. The van der Waals surface area contributed by atoms with Crippen molar-refractivity contribution in [3.8, 4) is 0 Å². The van der Waals surface area contributed by atoms with Gasteiger partial charge in [0.2, 0.25) is 0 Å². The van der Waals surface area contributed by atoms with Crippen molar-refractivity contribution in [2.75, 3.05) is 19.0 Å². The second-order valence-corrected chi connectivity index (χ2v) is 8.17. The van der Waals surface area contributed by atoms with Crippen molar-refractivity contribution >= 4 is 29.4 Å². The Morgan fingerprint density at radius 1 is 0.935 bits per heavy atom. The Morgan fingerprint density at radius 3 is 2.10 bits per heavy atom. The number of rotatable bonds is 6. The number of ether oxygens (including phenoxy) is 1. The molecule has 2 aromatic carbocycles. The second-order valence-electron chi connectivity index (χ2n) is 8.17.